The van der Waals surface area contributed by atoms with E-state index in [1.54, 1.807) is 6.92 Å². The molecular formula is C14H20N2O2. The van der Waals surface area contributed by atoms with Crippen LogP contribution in [0, 0.1) is 5.92 Å². The van der Waals surface area contributed by atoms with Crippen LogP contribution >= 0.6 is 0 Å². The van der Waals surface area contributed by atoms with E-state index in [1.165, 1.54) is 5.69 Å². The first-order chi connectivity index (χ1) is 8.70. The summed E-state index contributed by atoms with van der Waals surface area (Å²) in [6, 6.07) is 7.84. The molecule has 18 heavy (non-hydrogen) atoms. The Balaban J connectivity index is 1.95. The molecule has 1 saturated heterocycles. The lowest BCUT2D eigenvalue weighted by atomic mass is 9.97. The van der Waals surface area contributed by atoms with Crippen LogP contribution in [0.15, 0.2) is 24.3 Å². The Morgan fingerprint density at radius 2 is 1.94 bits per heavy atom. The van der Waals surface area contributed by atoms with E-state index in [4.69, 9.17) is 10.7 Å². The Labute approximate surface area is 108 Å². The molecule has 1 aromatic rings. The van der Waals surface area contributed by atoms with Crippen molar-refractivity contribution in [1.29, 1.82) is 0 Å². The zero-order valence-electron chi connectivity index (χ0n) is 10.8. The Morgan fingerprint density at radius 3 is 2.44 bits per heavy atom. The lowest BCUT2D eigenvalue weighted by molar-refractivity contribution is 0.0918. The fourth-order valence-electron chi connectivity index (χ4n) is 2.40. The van der Waals surface area contributed by atoms with Crippen LogP contribution in [0.3, 0.4) is 0 Å². The molecule has 98 valence electrons. The molecule has 0 aromatic heterocycles. The highest BCUT2D eigenvalue weighted by atomic mass is 16.6. The van der Waals surface area contributed by atoms with Crippen molar-refractivity contribution in [2.75, 3.05) is 24.6 Å². The Morgan fingerprint density at radius 1 is 1.33 bits per heavy atom. The van der Waals surface area contributed by atoms with E-state index >= 15 is 0 Å². The van der Waals surface area contributed by atoms with Crippen molar-refractivity contribution < 1.29 is 9.63 Å². The maximum atomic E-state index is 11.2. The Hall–Kier alpha value is -1.39. The van der Waals surface area contributed by atoms with E-state index < -0.39 is 0 Å². The molecule has 0 aliphatic carbocycles. The highest BCUT2D eigenvalue weighted by Crippen LogP contribution is 2.23. The standard InChI is InChI=1S/C14H20N2O2/c1-11(17)13-2-4-14(5-3-13)16-8-6-12(7-9-16)10-18-15/h2-5,12H,6-10,15H2,1H3. The maximum absolute atomic E-state index is 11.2. The van der Waals surface area contributed by atoms with Gasteiger partial charge in [-0.25, -0.2) is 5.90 Å². The number of nitrogens with two attached hydrogens (primary N) is 1. The smallest absolute Gasteiger partial charge is 0.159 e. The first kappa shape index (κ1) is 13.1. The minimum atomic E-state index is 0.111. The van der Waals surface area contributed by atoms with Crippen LogP contribution in [0.25, 0.3) is 0 Å². The van der Waals surface area contributed by atoms with Crippen molar-refractivity contribution >= 4 is 11.5 Å². The van der Waals surface area contributed by atoms with Gasteiger partial charge in [-0.15, -0.1) is 0 Å². The van der Waals surface area contributed by atoms with Gasteiger partial charge < -0.3 is 9.74 Å². The molecule has 4 heteroatoms. The van der Waals surface area contributed by atoms with Gasteiger partial charge >= 0.3 is 0 Å². The fraction of sp³-hybridized carbons (Fsp3) is 0.500. The number of Topliss-reactive ketones (excluding diaryl/α,β-unsaturated/α-hetero) is 1. The van der Waals surface area contributed by atoms with E-state index in [0.717, 1.165) is 31.5 Å². The number of anilines is 1. The van der Waals surface area contributed by atoms with Gasteiger partial charge in [-0.05, 0) is 49.9 Å². The normalized spacial score (nSPS) is 16.9. The number of hydrogen-bond acceptors (Lipinski definition) is 4. The van der Waals surface area contributed by atoms with Gasteiger partial charge in [-0.1, -0.05) is 0 Å². The number of piperidine rings is 1. The van der Waals surface area contributed by atoms with Crippen molar-refractivity contribution in [2.45, 2.75) is 19.8 Å². The summed E-state index contributed by atoms with van der Waals surface area (Å²) in [5.41, 5.74) is 1.96. The number of benzene rings is 1. The SMILES string of the molecule is CC(=O)c1ccc(N2CCC(CON)CC2)cc1. The number of rotatable bonds is 4. The number of hydrogen-bond donors (Lipinski definition) is 1. The van der Waals surface area contributed by atoms with Gasteiger partial charge in [0.25, 0.3) is 0 Å². The lowest BCUT2D eigenvalue weighted by Crippen LogP contribution is -2.35. The monoisotopic (exact) mass is 248 g/mol. The molecule has 0 saturated carbocycles. The molecule has 4 nitrogen and oxygen atoms in total. The average Bonchev–Trinajstić information content (AvgIpc) is 2.40. The molecule has 0 amide bonds. The highest BCUT2D eigenvalue weighted by Gasteiger charge is 2.19. The first-order valence-electron chi connectivity index (χ1n) is 6.38. The molecule has 1 fully saturated rings. The second kappa shape index (κ2) is 5.98. The third-order valence-corrected chi connectivity index (χ3v) is 3.59. The van der Waals surface area contributed by atoms with Crippen molar-refractivity contribution in [1.82, 2.24) is 0 Å². The minimum absolute atomic E-state index is 0.111. The second-order valence-electron chi connectivity index (χ2n) is 4.87. The van der Waals surface area contributed by atoms with E-state index in [9.17, 15) is 4.79 Å². The van der Waals surface area contributed by atoms with Crippen LogP contribution in [-0.2, 0) is 4.84 Å². The number of carbonyl (C=O) groups excluding carboxylic acids is 1. The fourth-order valence-corrected chi connectivity index (χ4v) is 2.40. The largest absolute Gasteiger partial charge is 0.372 e. The van der Waals surface area contributed by atoms with E-state index in [2.05, 4.69) is 4.90 Å². The third-order valence-electron chi connectivity index (χ3n) is 3.59. The van der Waals surface area contributed by atoms with E-state index in [1.807, 2.05) is 24.3 Å². The molecule has 0 bridgehead atoms. The third kappa shape index (κ3) is 3.09. The van der Waals surface area contributed by atoms with Crippen LogP contribution in [0.2, 0.25) is 0 Å². The number of nitrogens with zero attached hydrogens (tertiary/aromatic N) is 1. The predicted molar refractivity (Wildman–Crippen MR) is 71.5 cm³/mol. The average molecular weight is 248 g/mol. The Kier molecular flexibility index (Phi) is 4.33. The summed E-state index contributed by atoms with van der Waals surface area (Å²) in [6.07, 6.45) is 2.21. The predicted octanol–water partition coefficient (Wildman–Crippen LogP) is 2.00. The van der Waals surface area contributed by atoms with Crippen LogP contribution in [0.1, 0.15) is 30.1 Å². The Bertz CT molecular complexity index is 395. The number of ketones is 1. The van der Waals surface area contributed by atoms with Crippen LogP contribution in [-0.4, -0.2) is 25.5 Å². The van der Waals surface area contributed by atoms with Gasteiger partial charge in [0, 0.05) is 24.3 Å². The molecule has 1 aliphatic heterocycles. The van der Waals surface area contributed by atoms with E-state index in [0.29, 0.717) is 12.5 Å². The van der Waals surface area contributed by atoms with Crippen molar-refractivity contribution in [2.24, 2.45) is 11.8 Å². The topological polar surface area (TPSA) is 55.6 Å². The summed E-state index contributed by atoms with van der Waals surface area (Å²) in [7, 11) is 0. The molecule has 2 rings (SSSR count). The van der Waals surface area contributed by atoms with E-state index in [-0.39, 0.29) is 5.78 Å². The van der Waals surface area contributed by atoms with Crippen molar-refractivity contribution in [3.05, 3.63) is 29.8 Å². The van der Waals surface area contributed by atoms with Crippen molar-refractivity contribution in [3.63, 3.8) is 0 Å². The van der Waals surface area contributed by atoms with Crippen LogP contribution in [0.5, 0.6) is 0 Å². The molecule has 0 radical (unpaired) electrons. The summed E-state index contributed by atoms with van der Waals surface area (Å²) in [6.45, 7) is 4.28. The zero-order valence-corrected chi connectivity index (χ0v) is 10.8. The molecule has 0 unspecified atom stereocenters. The summed E-state index contributed by atoms with van der Waals surface area (Å²) in [4.78, 5) is 18.3. The quantitative estimate of drug-likeness (QED) is 0.654. The van der Waals surface area contributed by atoms with Gasteiger partial charge in [0.15, 0.2) is 5.78 Å². The number of carbonyl (C=O) groups is 1. The van der Waals surface area contributed by atoms with Gasteiger partial charge in [0.2, 0.25) is 0 Å². The molecule has 2 N–H and O–H groups in total. The molecular weight excluding hydrogens is 228 g/mol. The van der Waals surface area contributed by atoms with Gasteiger partial charge in [0.1, 0.15) is 0 Å². The lowest BCUT2D eigenvalue weighted by Gasteiger charge is -2.33. The summed E-state index contributed by atoms with van der Waals surface area (Å²) in [5.74, 6) is 5.79. The molecule has 1 aliphatic rings. The molecule has 0 atom stereocenters. The first-order valence-corrected chi connectivity index (χ1v) is 6.38. The summed E-state index contributed by atoms with van der Waals surface area (Å²) >= 11 is 0. The van der Waals surface area contributed by atoms with Crippen molar-refractivity contribution in [3.8, 4) is 0 Å². The second-order valence-corrected chi connectivity index (χ2v) is 4.87. The summed E-state index contributed by atoms with van der Waals surface area (Å²) < 4.78 is 0. The highest BCUT2D eigenvalue weighted by molar-refractivity contribution is 5.94. The minimum Gasteiger partial charge on any atom is -0.372 e. The van der Waals surface area contributed by atoms with Gasteiger partial charge in [-0.2, -0.15) is 0 Å². The van der Waals surface area contributed by atoms with Gasteiger partial charge in [0.05, 0.1) is 6.61 Å². The molecule has 1 aromatic carbocycles. The van der Waals surface area contributed by atoms with Crippen LogP contribution in [0.4, 0.5) is 5.69 Å². The summed E-state index contributed by atoms with van der Waals surface area (Å²) in [5, 5.41) is 0. The molecule has 1 heterocycles. The van der Waals surface area contributed by atoms with Crippen LogP contribution < -0.4 is 10.8 Å². The zero-order chi connectivity index (χ0) is 13.0. The maximum Gasteiger partial charge on any atom is 0.159 e. The molecule has 0 spiro atoms. The van der Waals surface area contributed by atoms with Gasteiger partial charge in [-0.3, -0.25) is 4.79 Å².